The molecule has 174 valence electrons. The van der Waals surface area contributed by atoms with Gasteiger partial charge in [0.2, 0.25) is 0 Å². The molecule has 0 unspecified atom stereocenters. The molecule has 0 bridgehead atoms. The van der Waals surface area contributed by atoms with Crippen LogP contribution in [0.4, 0.5) is 4.39 Å². The number of nitrogens with zero attached hydrogens (tertiary/aromatic N) is 7. The number of ether oxygens (including phenoxy) is 2. The van der Waals surface area contributed by atoms with Crippen LogP contribution in [0, 0.1) is 5.82 Å². The fraction of sp³-hybridized carbons (Fsp3) is 0.261. The van der Waals surface area contributed by atoms with E-state index in [0.29, 0.717) is 26.2 Å². The number of aromatic nitrogens is 6. The van der Waals surface area contributed by atoms with Crippen LogP contribution in [-0.4, -0.2) is 73.7 Å². The lowest BCUT2D eigenvalue weighted by Crippen LogP contribution is -2.50. The maximum atomic E-state index is 14.5. The number of methoxy groups -OCH3 is 1. The van der Waals surface area contributed by atoms with Crippen LogP contribution in [0.25, 0.3) is 11.4 Å². The van der Waals surface area contributed by atoms with Crippen molar-refractivity contribution in [2.75, 3.05) is 26.9 Å². The number of hydrogen-bond donors (Lipinski definition) is 0. The maximum Gasteiger partial charge on any atom is 0.256 e. The van der Waals surface area contributed by atoms with E-state index in [9.17, 15) is 9.18 Å². The first-order chi connectivity index (χ1) is 16.6. The Morgan fingerprint density at radius 2 is 1.82 bits per heavy atom. The Morgan fingerprint density at radius 3 is 2.56 bits per heavy atom. The SMILES string of the molecule is COc1cc(C(=O)N2CCOC[C@H]2Cc2cccc(-n3nccn3)c2)c(-n2nccn2)cc1F. The van der Waals surface area contributed by atoms with Gasteiger partial charge in [0, 0.05) is 12.6 Å². The molecule has 0 N–H and O–H groups in total. The molecule has 34 heavy (non-hydrogen) atoms. The van der Waals surface area contributed by atoms with E-state index < -0.39 is 5.82 Å². The second-order valence-electron chi connectivity index (χ2n) is 7.74. The topological polar surface area (TPSA) is 100 Å². The largest absolute Gasteiger partial charge is 0.494 e. The summed E-state index contributed by atoms with van der Waals surface area (Å²) in [6.45, 7) is 1.19. The zero-order valence-electron chi connectivity index (χ0n) is 18.4. The molecule has 1 aliphatic rings. The summed E-state index contributed by atoms with van der Waals surface area (Å²) in [7, 11) is 1.36. The number of hydrogen-bond acceptors (Lipinski definition) is 7. The average Bonchev–Trinajstić information content (AvgIpc) is 3.59. The normalized spacial score (nSPS) is 15.9. The summed E-state index contributed by atoms with van der Waals surface area (Å²) in [6.07, 6.45) is 6.73. The highest BCUT2D eigenvalue weighted by Gasteiger charge is 2.31. The van der Waals surface area contributed by atoms with E-state index in [-0.39, 0.29) is 28.9 Å². The average molecular weight is 463 g/mol. The van der Waals surface area contributed by atoms with Gasteiger partial charge < -0.3 is 14.4 Å². The van der Waals surface area contributed by atoms with Gasteiger partial charge in [0.15, 0.2) is 11.6 Å². The quantitative estimate of drug-likeness (QED) is 0.432. The Hall–Kier alpha value is -4.12. The summed E-state index contributed by atoms with van der Waals surface area (Å²) in [5.41, 5.74) is 2.32. The molecule has 11 heteroatoms. The van der Waals surface area contributed by atoms with E-state index in [1.54, 1.807) is 17.3 Å². The molecule has 4 aromatic rings. The first-order valence-corrected chi connectivity index (χ1v) is 10.7. The molecule has 5 rings (SSSR count). The first-order valence-electron chi connectivity index (χ1n) is 10.7. The molecule has 0 spiro atoms. The summed E-state index contributed by atoms with van der Waals surface area (Å²) >= 11 is 0. The highest BCUT2D eigenvalue weighted by atomic mass is 19.1. The zero-order chi connectivity index (χ0) is 23.5. The van der Waals surface area contributed by atoms with Gasteiger partial charge in [0.25, 0.3) is 5.91 Å². The van der Waals surface area contributed by atoms with Gasteiger partial charge >= 0.3 is 0 Å². The van der Waals surface area contributed by atoms with E-state index in [1.807, 2.05) is 24.3 Å². The zero-order valence-corrected chi connectivity index (χ0v) is 18.4. The van der Waals surface area contributed by atoms with Gasteiger partial charge in [-0.1, -0.05) is 12.1 Å². The molecule has 3 heterocycles. The number of halogens is 1. The fourth-order valence-electron chi connectivity index (χ4n) is 4.05. The lowest BCUT2D eigenvalue weighted by molar-refractivity contribution is -0.00167. The summed E-state index contributed by atoms with van der Waals surface area (Å²) in [6, 6.07) is 10.2. The third kappa shape index (κ3) is 4.25. The van der Waals surface area contributed by atoms with Crippen LogP contribution < -0.4 is 4.74 Å². The Kier molecular flexibility index (Phi) is 6.00. The number of benzene rings is 2. The van der Waals surface area contributed by atoms with E-state index >= 15 is 0 Å². The van der Waals surface area contributed by atoms with Gasteiger partial charge in [-0.05, 0) is 30.2 Å². The summed E-state index contributed by atoms with van der Waals surface area (Å²) in [5.74, 6) is -0.902. The van der Waals surface area contributed by atoms with E-state index in [4.69, 9.17) is 9.47 Å². The third-order valence-corrected chi connectivity index (χ3v) is 5.65. The molecule has 1 amide bonds. The molecule has 1 atom stereocenters. The van der Waals surface area contributed by atoms with Crippen molar-refractivity contribution in [1.82, 2.24) is 34.9 Å². The van der Waals surface area contributed by atoms with Gasteiger partial charge in [-0.15, -0.1) is 0 Å². The minimum Gasteiger partial charge on any atom is -0.494 e. The minimum absolute atomic E-state index is 0.0245. The van der Waals surface area contributed by atoms with E-state index in [0.717, 1.165) is 11.3 Å². The van der Waals surface area contributed by atoms with Crippen LogP contribution in [0.15, 0.2) is 61.2 Å². The lowest BCUT2D eigenvalue weighted by Gasteiger charge is -2.36. The lowest BCUT2D eigenvalue weighted by atomic mass is 10.0. The minimum atomic E-state index is -0.603. The van der Waals surface area contributed by atoms with Crippen molar-refractivity contribution < 1.29 is 18.7 Å². The molecule has 10 nitrogen and oxygen atoms in total. The Morgan fingerprint density at radius 1 is 1.09 bits per heavy atom. The fourth-order valence-corrected chi connectivity index (χ4v) is 4.05. The van der Waals surface area contributed by atoms with Crippen molar-refractivity contribution in [3.63, 3.8) is 0 Å². The number of carbonyl (C=O) groups excluding carboxylic acids is 1. The number of carbonyl (C=O) groups is 1. The summed E-state index contributed by atoms with van der Waals surface area (Å²) in [4.78, 5) is 18.3. The molecule has 1 aliphatic heterocycles. The van der Waals surface area contributed by atoms with Gasteiger partial charge in [0.1, 0.15) is 5.69 Å². The van der Waals surface area contributed by atoms with Crippen molar-refractivity contribution >= 4 is 5.91 Å². The van der Waals surface area contributed by atoms with Crippen LogP contribution in [0.1, 0.15) is 15.9 Å². The van der Waals surface area contributed by atoms with Crippen LogP contribution in [-0.2, 0) is 11.2 Å². The molecule has 2 aromatic carbocycles. The first kappa shape index (κ1) is 21.7. The Bertz CT molecular complexity index is 1280. The van der Waals surface area contributed by atoms with Crippen molar-refractivity contribution in [3.8, 4) is 17.1 Å². The van der Waals surface area contributed by atoms with E-state index in [1.165, 1.54) is 41.2 Å². The van der Waals surface area contributed by atoms with E-state index in [2.05, 4.69) is 20.4 Å². The predicted molar refractivity (Wildman–Crippen MR) is 119 cm³/mol. The molecular formula is C23H22FN7O3. The monoisotopic (exact) mass is 463 g/mol. The molecule has 0 saturated carbocycles. The van der Waals surface area contributed by atoms with Crippen LogP contribution in [0.5, 0.6) is 5.75 Å². The van der Waals surface area contributed by atoms with Crippen molar-refractivity contribution in [1.29, 1.82) is 0 Å². The van der Waals surface area contributed by atoms with Crippen molar-refractivity contribution in [2.24, 2.45) is 0 Å². The Labute approximate surface area is 194 Å². The van der Waals surface area contributed by atoms with Crippen LogP contribution in [0.2, 0.25) is 0 Å². The van der Waals surface area contributed by atoms with Gasteiger partial charge in [-0.2, -0.15) is 30.0 Å². The number of rotatable bonds is 6. The van der Waals surface area contributed by atoms with Crippen LogP contribution >= 0.6 is 0 Å². The van der Waals surface area contributed by atoms with Crippen LogP contribution in [0.3, 0.4) is 0 Å². The second kappa shape index (κ2) is 9.40. The van der Waals surface area contributed by atoms with Gasteiger partial charge in [-0.25, -0.2) is 4.39 Å². The highest BCUT2D eigenvalue weighted by molar-refractivity contribution is 5.98. The number of amides is 1. The summed E-state index contributed by atoms with van der Waals surface area (Å²) < 4.78 is 25.3. The van der Waals surface area contributed by atoms with Gasteiger partial charge in [0.05, 0.1) is 62.4 Å². The molecule has 0 radical (unpaired) electrons. The Balaban J connectivity index is 1.46. The van der Waals surface area contributed by atoms with Crippen molar-refractivity contribution in [2.45, 2.75) is 12.5 Å². The molecule has 0 aliphatic carbocycles. The molecule has 2 aromatic heterocycles. The second-order valence-corrected chi connectivity index (χ2v) is 7.74. The predicted octanol–water partition coefficient (Wildman–Crippen LogP) is 2.08. The van der Waals surface area contributed by atoms with Gasteiger partial charge in [-0.3, -0.25) is 4.79 Å². The molecule has 1 saturated heterocycles. The summed E-state index contributed by atoms with van der Waals surface area (Å²) in [5, 5.41) is 16.5. The molecule has 1 fully saturated rings. The molecular weight excluding hydrogens is 441 g/mol. The maximum absolute atomic E-state index is 14.5. The smallest absolute Gasteiger partial charge is 0.256 e. The number of morpholine rings is 1. The third-order valence-electron chi connectivity index (χ3n) is 5.65. The van der Waals surface area contributed by atoms with Crippen molar-refractivity contribution in [3.05, 3.63) is 78.1 Å². The standard InChI is InChI=1S/C23H22FN7O3/c1-33-22-13-19(21(14-20(22)24)31-27-7-8-28-31)23(32)29-9-10-34-15-18(29)12-16-3-2-4-17(11-16)30-25-5-6-26-30/h2-8,11,13-14,18H,9-10,12,15H2,1H3/t18-/m1/s1. The highest BCUT2D eigenvalue weighted by Crippen LogP contribution is 2.27.